The Morgan fingerprint density at radius 3 is 1.33 bits per heavy atom. The topological polar surface area (TPSA) is 666 Å². The molecule has 1 saturated heterocycles. The number of aliphatic carboxylic acids is 8. The predicted molar refractivity (Wildman–Crippen MR) is 543 cm³/mol. The number of anilines is 2. The van der Waals surface area contributed by atoms with Gasteiger partial charge >= 0.3 is 59.8 Å². The Morgan fingerprint density at radius 1 is 0.388 bits per heavy atom. The normalized spacial score (nSPS) is 13.8. The minimum absolute atomic E-state index is 0.00807. The number of carbonyl (C=O) groups is 14. The van der Waals surface area contributed by atoms with Crippen molar-refractivity contribution in [2.45, 2.75) is 133 Å². The maximum absolute atomic E-state index is 13.7. The van der Waals surface area contributed by atoms with E-state index < -0.39 is 128 Å². The molecule has 820 valence electrons. The van der Waals surface area contributed by atoms with Crippen molar-refractivity contribution in [2.75, 3.05) is 254 Å². The number of urea groups is 2. The van der Waals surface area contributed by atoms with E-state index in [0.29, 0.717) is 158 Å². The number of benzene rings is 3. The van der Waals surface area contributed by atoms with Crippen LogP contribution in [0.1, 0.15) is 107 Å². The van der Waals surface area contributed by atoms with E-state index >= 15 is 0 Å². The summed E-state index contributed by atoms with van der Waals surface area (Å²) in [7, 11) is 0. The van der Waals surface area contributed by atoms with Crippen molar-refractivity contribution >= 4 is 141 Å². The summed E-state index contributed by atoms with van der Waals surface area (Å²) < 4.78 is 64.4. The Morgan fingerprint density at radius 2 is 0.830 bits per heavy atom. The van der Waals surface area contributed by atoms with Gasteiger partial charge in [0, 0.05) is 124 Å². The van der Waals surface area contributed by atoms with Crippen molar-refractivity contribution in [1.82, 2.24) is 77.1 Å². The molecule has 147 heavy (non-hydrogen) atoms. The summed E-state index contributed by atoms with van der Waals surface area (Å²) >= 11 is 7.87. The van der Waals surface area contributed by atoms with Gasteiger partial charge in [-0.05, 0) is 165 Å². The third-order valence-electron chi connectivity index (χ3n) is 21.7. The van der Waals surface area contributed by atoms with Gasteiger partial charge < -0.3 is 151 Å². The predicted octanol–water partition coefficient (Wildman–Crippen LogP) is 2.41. The number of nitrogens with one attached hydrogen (secondary N) is 10. The molecule has 2 heterocycles. The summed E-state index contributed by atoms with van der Waals surface area (Å²) in [6.45, 7) is 6.22. The van der Waals surface area contributed by atoms with Crippen LogP contribution < -0.4 is 53.2 Å². The van der Waals surface area contributed by atoms with Crippen molar-refractivity contribution in [3.8, 4) is 11.3 Å². The van der Waals surface area contributed by atoms with Crippen molar-refractivity contribution in [1.29, 1.82) is 0 Å². The summed E-state index contributed by atoms with van der Waals surface area (Å²) in [6.07, 6.45) is 7.49. The van der Waals surface area contributed by atoms with Gasteiger partial charge in [-0.25, -0.2) is 28.7 Å². The van der Waals surface area contributed by atoms with Crippen LogP contribution in [0.25, 0.3) is 17.3 Å². The van der Waals surface area contributed by atoms with Gasteiger partial charge in [0.2, 0.25) is 23.6 Å². The van der Waals surface area contributed by atoms with Crippen LogP contribution in [0.2, 0.25) is 0 Å². The summed E-state index contributed by atoms with van der Waals surface area (Å²) in [4.78, 5) is 177. The minimum Gasteiger partial charge on any atom is -0.481 e. The molecule has 0 unspecified atom stereocenters. The van der Waals surface area contributed by atoms with Gasteiger partial charge in [0.25, 0.3) is 0 Å². The number of carboxylic acids is 8. The summed E-state index contributed by atoms with van der Waals surface area (Å²) in [5.41, 5.74) is 4.42. The average Bonchev–Trinajstić information content (AvgIpc) is 1.65. The van der Waals surface area contributed by atoms with Gasteiger partial charge in [-0.15, -0.1) is 5.10 Å². The third-order valence-corrected chi connectivity index (χ3v) is 22.6. The monoisotopic (exact) mass is 2210 g/mol. The standard InChI is InChI=1S/C95H144IN17O33S/c96-72-20-16-69(17-21-72)9-7-15-81(114)97-28-4-2-13-77(90(128)129)104-83(116)27-40-137-44-48-141-51-53-143-55-57-145-59-60-146-58-56-144-54-52-142-49-45-138-41-31-98-89(127)76(12-1-6-30-100-95(147)102-73-22-18-70(19-23-73)61-75-63-111(67-87(123)124)35-34-109(65-85(119)120)32-33-110(66-86(121)122)36-37-112(75)68-88(125)126)103-82(115)26-39-136-43-47-140-50-46-139-42-38-113-64-80(107-108-113)71-10-8-11-74(62-71)101-93(134)99-29-5-3-14-78(91(130)131)105-94(135)106-79(92(132)133)24-25-84(117)118/h8,10-11,16-23,61-62,64,76-79H,1-7,9,12-15,24-60,63,65-68H2,(H,97,114)(H,98,127)(H,103,115)(H,104,116)(H,117,118)(H,119,120)(H,121,122)(H,123,124)(H,125,126)(H,128,129)(H,130,131)(H,132,133)(H2,99,101,134)(H2,100,102,147)(H2,105,106,135)/b75-61-/t76-,77-,78-,79-/m0/s1. The quantitative estimate of drug-likeness (QED) is 0.0171. The number of halogens is 1. The highest BCUT2D eigenvalue weighted by atomic mass is 127. The van der Waals surface area contributed by atoms with Crippen LogP contribution in [0, 0.1) is 3.57 Å². The molecule has 0 aliphatic carbocycles. The molecule has 0 spiro atoms. The molecule has 1 aromatic heterocycles. The maximum Gasteiger partial charge on any atom is 0.326 e. The van der Waals surface area contributed by atoms with Crippen molar-refractivity contribution < 1.29 is 160 Å². The van der Waals surface area contributed by atoms with Crippen molar-refractivity contribution in [3.05, 3.63) is 99.4 Å². The first-order valence-corrected chi connectivity index (χ1v) is 50.2. The highest BCUT2D eigenvalue weighted by Crippen LogP contribution is 2.23. The van der Waals surface area contributed by atoms with Crippen molar-refractivity contribution in [3.63, 3.8) is 0 Å². The maximum atomic E-state index is 13.7. The average molecular weight is 2210 g/mol. The third kappa shape index (κ3) is 63.0. The second kappa shape index (κ2) is 77.7. The second-order valence-electron chi connectivity index (χ2n) is 33.5. The number of aromatic nitrogens is 3. The molecule has 50 nitrogen and oxygen atoms in total. The molecular formula is C95H144IN17O33S. The zero-order valence-electron chi connectivity index (χ0n) is 82.8. The first kappa shape index (κ1) is 126. The SMILES string of the molecule is O=C(O)CC[C@H](NC(=O)N[C@@H](CCCCNC(=O)Nc1cccc(-c2cn(CCOCCOCCOCCC(=O)N[C@@H](CCCCNC(=S)Nc3ccc(/C=C4/CN(CC(=O)O)CCN(CC(=O)O)CCN(CC(=O)O)CCN4CC(=O)O)cc3)C(=O)NCCOCCOCCOCCOCCOCCOCCOCCOCCC(=O)N[C@@H](CCCCNC(=O)CCCc3ccc(I)cc3)C(=O)O)nn2)c1)C(=O)O)C(=O)O. The molecule has 52 heteroatoms. The fourth-order valence-electron chi connectivity index (χ4n) is 14.1. The highest BCUT2D eigenvalue weighted by molar-refractivity contribution is 14.1. The fourth-order valence-corrected chi connectivity index (χ4v) is 14.7. The molecule has 0 saturated carbocycles. The lowest BCUT2D eigenvalue weighted by molar-refractivity contribution is -0.142. The fraction of sp³-hybridized carbons (Fsp3) is 0.611. The van der Waals surface area contributed by atoms with Gasteiger partial charge in [-0.3, -0.25) is 57.9 Å². The lowest BCUT2D eigenvalue weighted by Gasteiger charge is -2.35. The molecule has 1 fully saturated rings. The van der Waals surface area contributed by atoms with Crippen LogP contribution in [-0.4, -0.2) is 432 Å². The molecule has 0 radical (unpaired) electrons. The largest absolute Gasteiger partial charge is 0.481 e. The van der Waals surface area contributed by atoms with E-state index in [9.17, 15) is 103 Å². The Kier molecular flexibility index (Phi) is 66.5. The van der Waals surface area contributed by atoms with E-state index in [1.54, 1.807) is 85.1 Å². The number of carboxylic acid groups (broad SMARTS) is 8. The zero-order chi connectivity index (χ0) is 107. The minimum atomic E-state index is -1.54. The molecule has 1 aliphatic rings. The van der Waals surface area contributed by atoms with Gasteiger partial charge in [-0.2, -0.15) is 0 Å². The first-order chi connectivity index (χ1) is 70.9. The molecular weight excluding hydrogens is 2070 g/mol. The molecule has 18 N–H and O–H groups in total. The molecule has 4 aromatic rings. The lowest BCUT2D eigenvalue weighted by Crippen LogP contribution is -2.51. The number of amides is 8. The van der Waals surface area contributed by atoms with E-state index in [1.807, 2.05) is 12.1 Å². The van der Waals surface area contributed by atoms with E-state index in [-0.39, 0.29) is 201 Å². The van der Waals surface area contributed by atoms with Crippen LogP contribution in [-0.2, 0) is 123 Å². The van der Waals surface area contributed by atoms with Crippen LogP contribution in [0.3, 0.4) is 0 Å². The smallest absolute Gasteiger partial charge is 0.326 e. The molecule has 5 rings (SSSR count). The van der Waals surface area contributed by atoms with Crippen LogP contribution in [0.5, 0.6) is 0 Å². The number of carbonyl (C=O) groups excluding carboxylic acids is 6. The summed E-state index contributed by atoms with van der Waals surface area (Å²) in [6, 6.07) is 15.5. The molecule has 1 aliphatic heterocycles. The number of hydrogen-bond donors (Lipinski definition) is 18. The highest BCUT2D eigenvalue weighted by Gasteiger charge is 2.29. The van der Waals surface area contributed by atoms with Gasteiger partial charge in [-0.1, -0.05) is 41.6 Å². The van der Waals surface area contributed by atoms with Crippen LogP contribution in [0.4, 0.5) is 21.0 Å². The van der Waals surface area contributed by atoms with E-state index in [1.165, 1.54) is 5.56 Å². The van der Waals surface area contributed by atoms with Crippen LogP contribution >= 0.6 is 34.8 Å². The number of thiocarbonyl (C=S) groups is 1. The molecule has 0 bridgehead atoms. The van der Waals surface area contributed by atoms with Gasteiger partial charge in [0.15, 0.2) is 5.11 Å². The Labute approximate surface area is 871 Å². The second-order valence-corrected chi connectivity index (χ2v) is 35.1. The van der Waals surface area contributed by atoms with Gasteiger partial charge in [0.05, 0.1) is 178 Å². The van der Waals surface area contributed by atoms with Gasteiger partial charge in [0.1, 0.15) is 36.4 Å². The molecule has 4 atom stereocenters. The van der Waals surface area contributed by atoms with E-state index in [2.05, 4.69) is 98.2 Å². The lowest BCUT2D eigenvalue weighted by atomic mass is 10.1. The Bertz CT molecular complexity index is 4610. The van der Waals surface area contributed by atoms with Crippen LogP contribution in [0.15, 0.2) is 84.7 Å². The summed E-state index contributed by atoms with van der Waals surface area (Å²) in [5, 5.41) is 112. The Balaban J connectivity index is 0.954. The van der Waals surface area contributed by atoms with E-state index in [0.717, 1.165) is 16.4 Å². The van der Waals surface area contributed by atoms with E-state index in [4.69, 9.17) is 69.4 Å². The Hall–Kier alpha value is -11.6. The number of nitrogens with zero attached hydrogens (tertiary/aromatic N) is 7. The number of unbranched alkanes of at least 4 members (excludes halogenated alkanes) is 3. The summed E-state index contributed by atoms with van der Waals surface area (Å²) in [5.74, 6) is -11.1. The number of hydrogen-bond acceptors (Lipinski definition) is 32. The number of aryl methyl sites for hydroxylation is 1. The zero-order valence-corrected chi connectivity index (χ0v) is 85.8. The molecule has 3 aromatic carbocycles. The van der Waals surface area contributed by atoms with Crippen molar-refractivity contribution in [2.24, 2.45) is 0 Å². The molecule has 8 amide bonds. The number of rotatable bonds is 81. The number of ether oxygens (including phenoxy) is 11. The first-order valence-electron chi connectivity index (χ1n) is 48.8.